The van der Waals surface area contributed by atoms with E-state index in [1.54, 1.807) is 0 Å². The molecule has 0 amide bonds. The molecule has 0 unspecified atom stereocenters. The second-order valence-electron chi connectivity index (χ2n) is 10.1. The summed E-state index contributed by atoms with van der Waals surface area (Å²) < 4.78 is 13.6. The zero-order chi connectivity index (χ0) is 24.2. The van der Waals surface area contributed by atoms with Gasteiger partial charge in [0.2, 0.25) is 0 Å². The maximum absolute atomic E-state index is 11.6. The fraction of sp³-hybridized carbons (Fsp3) is 0.345. The van der Waals surface area contributed by atoms with Gasteiger partial charge in [0.25, 0.3) is 8.32 Å². The standard InChI is InChI=1S/C29H34O4Si/c1-29(2,3)34(25-15-9-5-10-16-25,26-17-11-6-12-18-26)33-24-19-23(21-28(30)31)32-27(20-24)22-13-7-4-8-14-22/h4-18,23-24,27H,19-21H2,1-3H3,(H,30,31)/t23-,24+,27+/m1/s1. The summed E-state index contributed by atoms with van der Waals surface area (Å²) in [6, 6.07) is 31.2. The van der Waals surface area contributed by atoms with E-state index in [4.69, 9.17) is 9.16 Å². The molecule has 1 heterocycles. The van der Waals surface area contributed by atoms with Crippen molar-refractivity contribution in [3.63, 3.8) is 0 Å². The predicted molar refractivity (Wildman–Crippen MR) is 138 cm³/mol. The molecular formula is C29H34O4Si. The van der Waals surface area contributed by atoms with E-state index >= 15 is 0 Å². The Kier molecular flexibility index (Phi) is 7.36. The fourth-order valence-electron chi connectivity index (χ4n) is 5.22. The summed E-state index contributed by atoms with van der Waals surface area (Å²) in [6.07, 6.45) is 0.547. The molecule has 0 bridgehead atoms. The average Bonchev–Trinajstić information content (AvgIpc) is 2.83. The van der Waals surface area contributed by atoms with Crippen LogP contribution in [0, 0.1) is 0 Å². The molecule has 0 radical (unpaired) electrons. The van der Waals surface area contributed by atoms with Gasteiger partial charge in [-0.15, -0.1) is 0 Å². The minimum Gasteiger partial charge on any atom is -0.481 e. The normalized spacial score (nSPS) is 21.2. The molecule has 34 heavy (non-hydrogen) atoms. The first-order chi connectivity index (χ1) is 16.3. The van der Waals surface area contributed by atoms with E-state index in [1.807, 2.05) is 42.5 Å². The zero-order valence-electron chi connectivity index (χ0n) is 20.2. The summed E-state index contributed by atoms with van der Waals surface area (Å²) in [6.45, 7) is 6.80. The highest BCUT2D eigenvalue weighted by molar-refractivity contribution is 6.99. The lowest BCUT2D eigenvalue weighted by molar-refractivity contribution is -0.146. The Morgan fingerprint density at radius 1 is 0.882 bits per heavy atom. The molecule has 0 aliphatic carbocycles. The Hall–Kier alpha value is -2.73. The molecule has 0 spiro atoms. The van der Waals surface area contributed by atoms with Gasteiger partial charge in [0.05, 0.1) is 24.7 Å². The smallest absolute Gasteiger partial charge is 0.305 e. The van der Waals surface area contributed by atoms with Crippen molar-refractivity contribution in [2.24, 2.45) is 0 Å². The lowest BCUT2D eigenvalue weighted by Crippen LogP contribution is -2.68. The van der Waals surface area contributed by atoms with Gasteiger partial charge in [-0.25, -0.2) is 0 Å². The van der Waals surface area contributed by atoms with Gasteiger partial charge in [-0.05, 0) is 27.4 Å². The highest BCUT2D eigenvalue weighted by Gasteiger charge is 2.52. The molecule has 4 nitrogen and oxygen atoms in total. The fourth-order valence-corrected chi connectivity index (χ4v) is 9.92. The SMILES string of the molecule is CC(C)(C)[Si](O[C@H]1C[C@H](CC(=O)O)O[C@H](c2ccccc2)C1)(c1ccccc1)c1ccccc1. The summed E-state index contributed by atoms with van der Waals surface area (Å²) in [5.41, 5.74) is 1.06. The van der Waals surface area contributed by atoms with E-state index in [0.717, 1.165) is 5.56 Å². The van der Waals surface area contributed by atoms with Gasteiger partial charge in [0, 0.05) is 6.42 Å². The third-order valence-electron chi connectivity index (χ3n) is 6.69. The molecule has 4 rings (SSSR count). The van der Waals surface area contributed by atoms with Crippen molar-refractivity contribution >= 4 is 24.7 Å². The second kappa shape index (κ2) is 10.3. The van der Waals surface area contributed by atoms with E-state index < -0.39 is 14.3 Å². The highest BCUT2D eigenvalue weighted by atomic mass is 28.4. The summed E-state index contributed by atoms with van der Waals surface area (Å²) in [4.78, 5) is 11.6. The molecular weight excluding hydrogens is 440 g/mol. The van der Waals surface area contributed by atoms with Gasteiger partial charge in [0.15, 0.2) is 0 Å². The van der Waals surface area contributed by atoms with Crippen LogP contribution in [-0.4, -0.2) is 31.6 Å². The number of aliphatic carboxylic acids is 1. The number of hydrogen-bond acceptors (Lipinski definition) is 3. The van der Waals surface area contributed by atoms with Crippen molar-refractivity contribution in [3.8, 4) is 0 Å². The third kappa shape index (κ3) is 5.17. The van der Waals surface area contributed by atoms with Crippen LogP contribution < -0.4 is 10.4 Å². The summed E-state index contributed by atoms with van der Waals surface area (Å²) in [5.74, 6) is -0.845. The topological polar surface area (TPSA) is 55.8 Å². The summed E-state index contributed by atoms with van der Waals surface area (Å²) >= 11 is 0. The number of carbonyl (C=O) groups is 1. The van der Waals surface area contributed by atoms with Crippen LogP contribution in [0.3, 0.4) is 0 Å². The first-order valence-corrected chi connectivity index (χ1v) is 13.9. The van der Waals surface area contributed by atoms with Gasteiger partial charge in [0.1, 0.15) is 0 Å². The van der Waals surface area contributed by atoms with E-state index in [2.05, 4.69) is 69.3 Å². The molecule has 5 heteroatoms. The third-order valence-corrected chi connectivity index (χ3v) is 11.8. The minimum atomic E-state index is -2.74. The molecule has 3 atom stereocenters. The number of carboxylic acids is 1. The van der Waals surface area contributed by atoms with Gasteiger partial charge in [-0.1, -0.05) is 112 Å². The Morgan fingerprint density at radius 3 is 1.85 bits per heavy atom. The molecule has 178 valence electrons. The van der Waals surface area contributed by atoms with Crippen molar-refractivity contribution in [1.29, 1.82) is 0 Å². The van der Waals surface area contributed by atoms with Crippen molar-refractivity contribution in [1.82, 2.24) is 0 Å². The molecule has 0 aromatic heterocycles. The van der Waals surface area contributed by atoms with Crippen LogP contribution in [0.5, 0.6) is 0 Å². The van der Waals surface area contributed by atoms with E-state index in [0.29, 0.717) is 12.8 Å². The lowest BCUT2D eigenvalue weighted by Gasteiger charge is -2.47. The molecule has 3 aromatic rings. The van der Waals surface area contributed by atoms with Crippen molar-refractivity contribution in [2.45, 2.75) is 63.4 Å². The largest absolute Gasteiger partial charge is 0.481 e. The maximum Gasteiger partial charge on any atom is 0.305 e. The number of carboxylic acid groups (broad SMARTS) is 1. The first-order valence-electron chi connectivity index (χ1n) is 12.0. The zero-order valence-corrected chi connectivity index (χ0v) is 21.2. The second-order valence-corrected chi connectivity index (χ2v) is 14.4. The first kappa shape index (κ1) is 24.4. The van der Waals surface area contributed by atoms with E-state index in [1.165, 1.54) is 10.4 Å². The Balaban J connectivity index is 1.77. The van der Waals surface area contributed by atoms with E-state index in [-0.39, 0.29) is 29.8 Å². The number of benzene rings is 3. The van der Waals surface area contributed by atoms with Crippen LogP contribution in [0.4, 0.5) is 0 Å². The van der Waals surface area contributed by atoms with Gasteiger partial charge in [-0.2, -0.15) is 0 Å². The average molecular weight is 475 g/mol. The minimum absolute atomic E-state index is 0.0239. The van der Waals surface area contributed by atoms with Crippen LogP contribution in [-0.2, 0) is 14.0 Å². The Labute approximate surface area is 203 Å². The summed E-state index contributed by atoms with van der Waals surface area (Å²) in [5, 5.41) is 11.8. The van der Waals surface area contributed by atoms with Crippen LogP contribution in [0.25, 0.3) is 0 Å². The van der Waals surface area contributed by atoms with Gasteiger partial charge < -0.3 is 14.3 Å². The van der Waals surface area contributed by atoms with Crippen molar-refractivity contribution in [3.05, 3.63) is 96.6 Å². The predicted octanol–water partition coefficient (Wildman–Crippen LogP) is 5.33. The van der Waals surface area contributed by atoms with Crippen LogP contribution >= 0.6 is 0 Å². The molecule has 1 N–H and O–H groups in total. The van der Waals surface area contributed by atoms with Crippen LogP contribution in [0.2, 0.25) is 5.04 Å². The Morgan fingerprint density at radius 2 is 1.38 bits per heavy atom. The maximum atomic E-state index is 11.6. The monoisotopic (exact) mass is 474 g/mol. The molecule has 1 saturated heterocycles. The van der Waals surface area contributed by atoms with Crippen LogP contribution in [0.1, 0.15) is 51.7 Å². The number of ether oxygens (including phenoxy) is 1. The van der Waals surface area contributed by atoms with Crippen molar-refractivity contribution in [2.75, 3.05) is 0 Å². The summed E-state index contributed by atoms with van der Waals surface area (Å²) in [7, 11) is -2.74. The number of hydrogen-bond donors (Lipinski definition) is 1. The van der Waals surface area contributed by atoms with Gasteiger partial charge in [-0.3, -0.25) is 4.79 Å². The Bertz CT molecular complexity index is 1020. The lowest BCUT2D eigenvalue weighted by atomic mass is 9.95. The molecule has 1 fully saturated rings. The molecule has 1 aliphatic heterocycles. The quantitative estimate of drug-likeness (QED) is 0.471. The van der Waals surface area contributed by atoms with E-state index in [9.17, 15) is 9.90 Å². The van der Waals surface area contributed by atoms with Gasteiger partial charge >= 0.3 is 5.97 Å². The number of rotatable bonds is 7. The van der Waals surface area contributed by atoms with Crippen molar-refractivity contribution < 1.29 is 19.1 Å². The highest BCUT2D eigenvalue weighted by Crippen LogP contribution is 2.41. The molecule has 1 aliphatic rings. The van der Waals surface area contributed by atoms with Crippen LogP contribution in [0.15, 0.2) is 91.0 Å². The molecule has 0 saturated carbocycles. The molecule has 3 aromatic carbocycles.